The van der Waals surface area contributed by atoms with Gasteiger partial charge < -0.3 is 28.8 Å². The molecule has 1 aliphatic heterocycles. The molecule has 1 saturated heterocycles. The summed E-state index contributed by atoms with van der Waals surface area (Å²) in [5.74, 6) is -0.687. The number of carbonyl (C=O) groups excluding carboxylic acids is 1. The molecule has 4 atom stereocenters. The zero-order chi connectivity index (χ0) is 27.4. The number of methoxy groups -OCH3 is 2. The van der Waals surface area contributed by atoms with Crippen molar-refractivity contribution < 1.29 is 43.2 Å². The van der Waals surface area contributed by atoms with E-state index in [1.807, 2.05) is 0 Å². The van der Waals surface area contributed by atoms with Gasteiger partial charge in [-0.1, -0.05) is 42.3 Å². The topological polar surface area (TPSA) is 83.5 Å². The maximum Gasteiger partial charge on any atom is 0.331 e. The summed E-state index contributed by atoms with van der Waals surface area (Å²) < 4.78 is 82.0. The summed E-state index contributed by atoms with van der Waals surface area (Å²) in [7, 11) is 2.85. The van der Waals surface area contributed by atoms with E-state index in [-0.39, 0.29) is 13.2 Å². The van der Waals surface area contributed by atoms with Crippen LogP contribution in [0.3, 0.4) is 0 Å². The number of aliphatic hydroxyl groups excluding tert-OH is 1. The third-order valence-electron chi connectivity index (χ3n) is 4.29. The van der Waals surface area contributed by atoms with Crippen molar-refractivity contribution in [2.75, 3.05) is 20.8 Å². The molecule has 0 bridgehead atoms. The minimum absolute atomic E-state index is 0.0197. The van der Waals surface area contributed by atoms with Crippen molar-refractivity contribution >= 4 is 12.0 Å². The highest BCUT2D eigenvalue weighted by Crippen LogP contribution is 2.23. The summed E-state index contributed by atoms with van der Waals surface area (Å²) in [6.45, 7) is -0.240. The molecule has 2 aromatic carbocycles. The zero-order valence-electron chi connectivity index (χ0n) is 23.4. The molecule has 0 amide bonds. The molecule has 1 heterocycles. The average molecular weight is 421 g/mol. The number of carbonyl (C=O) groups is 1. The van der Waals surface area contributed by atoms with E-state index in [0.717, 1.165) is 5.56 Å². The Morgan fingerprint density at radius 1 is 1.27 bits per heavy atom. The van der Waals surface area contributed by atoms with E-state index in [9.17, 15) is 9.90 Å². The lowest BCUT2D eigenvalue weighted by molar-refractivity contribution is -0.275. The van der Waals surface area contributed by atoms with Crippen LogP contribution >= 0.6 is 0 Å². The van der Waals surface area contributed by atoms with Gasteiger partial charge in [-0.25, -0.2) is 4.79 Å². The molecular formula is C23H26O7. The first-order chi connectivity index (χ1) is 17.5. The average Bonchev–Trinajstić information content (AvgIpc) is 2.90. The van der Waals surface area contributed by atoms with E-state index in [1.165, 1.54) is 14.2 Å². The zero-order valence-corrected chi connectivity index (χ0v) is 16.4. The molecule has 3 rings (SSSR count). The van der Waals surface area contributed by atoms with Gasteiger partial charge in [-0.3, -0.25) is 0 Å². The number of ether oxygens (including phenoxy) is 5. The molecule has 1 N–H and O–H groups in total. The van der Waals surface area contributed by atoms with E-state index >= 15 is 0 Å². The fourth-order valence-electron chi connectivity index (χ4n) is 2.78. The summed E-state index contributed by atoms with van der Waals surface area (Å²) in [5.41, 5.74) is 0.119. The molecule has 0 unspecified atom stereocenters. The van der Waals surface area contributed by atoms with Crippen molar-refractivity contribution in [3.8, 4) is 5.75 Å². The smallest absolute Gasteiger partial charge is 0.331 e. The molecule has 0 aliphatic carbocycles. The quantitative estimate of drug-likeness (QED) is 0.518. The third kappa shape index (κ3) is 5.90. The number of aliphatic hydroxyl groups is 1. The second kappa shape index (κ2) is 10.9. The van der Waals surface area contributed by atoms with Crippen molar-refractivity contribution in [3.63, 3.8) is 0 Å². The number of esters is 1. The lowest BCUT2D eigenvalue weighted by atomic mass is 10.0. The first-order valence-electron chi connectivity index (χ1n) is 12.5. The highest BCUT2D eigenvalue weighted by Gasteiger charge is 2.42. The highest BCUT2D eigenvalue weighted by atomic mass is 16.7. The van der Waals surface area contributed by atoms with Crippen LogP contribution in [0.1, 0.15) is 20.7 Å². The van der Waals surface area contributed by atoms with Gasteiger partial charge in [0.2, 0.25) is 0 Å². The molecule has 0 radical (unpaired) electrons. The van der Waals surface area contributed by atoms with Gasteiger partial charge in [-0.05, 0) is 29.3 Å². The molecule has 7 heteroatoms. The molecule has 2 aromatic rings. The van der Waals surface area contributed by atoms with E-state index in [2.05, 4.69) is 0 Å². The fraction of sp³-hybridized carbons (Fsp3) is 0.348. The Bertz CT molecular complexity index is 1140. The molecule has 30 heavy (non-hydrogen) atoms. The Hall–Kier alpha value is -2.71. The van der Waals surface area contributed by atoms with Crippen molar-refractivity contribution in [2.45, 2.75) is 31.2 Å². The summed E-state index contributed by atoms with van der Waals surface area (Å²) in [6.07, 6.45) is -4.78. The van der Waals surface area contributed by atoms with E-state index in [4.69, 9.17) is 33.3 Å². The molecule has 0 saturated carbocycles. The molecule has 0 spiro atoms. The standard InChI is InChI=1S/C23H26O7/c1-26-18-11-8-17(9-12-18)14-28-22-19(15-29-23(27-2)21(22)25)30-20(24)13-10-16-6-4-3-5-7-16/h3-13,19,21-23,25H,14-15H2,1-2H3/b13-10+/t19-,21-,22+,23-/m1/s1/i3D,4D,5D,6D,7D,10D,13D. The minimum Gasteiger partial charge on any atom is -0.497 e. The Morgan fingerprint density at radius 2 is 2.00 bits per heavy atom. The monoisotopic (exact) mass is 421 g/mol. The van der Waals surface area contributed by atoms with Gasteiger partial charge in [0.05, 0.1) is 29.9 Å². The van der Waals surface area contributed by atoms with Crippen LogP contribution in [0.2, 0.25) is 0 Å². The molecule has 1 aliphatic rings. The van der Waals surface area contributed by atoms with Gasteiger partial charge in [0.15, 0.2) is 12.4 Å². The Labute approximate surface area is 185 Å². The molecule has 7 nitrogen and oxygen atoms in total. The Morgan fingerprint density at radius 3 is 2.67 bits per heavy atom. The Balaban J connectivity index is 1.83. The molecule has 160 valence electrons. The predicted octanol–water partition coefficient (Wildman–Crippen LogP) is 2.57. The van der Waals surface area contributed by atoms with Crippen LogP contribution in [0.15, 0.2) is 60.5 Å². The largest absolute Gasteiger partial charge is 0.497 e. The van der Waals surface area contributed by atoms with Gasteiger partial charge in [-0.15, -0.1) is 0 Å². The third-order valence-corrected chi connectivity index (χ3v) is 4.29. The summed E-state index contributed by atoms with van der Waals surface area (Å²) in [6, 6.07) is 1.45. The van der Waals surface area contributed by atoms with Crippen molar-refractivity contribution in [3.05, 3.63) is 71.7 Å². The van der Waals surface area contributed by atoms with Crippen molar-refractivity contribution in [2.24, 2.45) is 0 Å². The number of hydrogen-bond donors (Lipinski definition) is 1. The maximum absolute atomic E-state index is 12.8. The summed E-state index contributed by atoms with van der Waals surface area (Å²) in [5, 5.41) is 10.7. The van der Waals surface area contributed by atoms with Crippen LogP contribution in [0.4, 0.5) is 0 Å². The minimum atomic E-state index is -1.37. The lowest BCUT2D eigenvalue weighted by Crippen LogP contribution is -2.55. The van der Waals surface area contributed by atoms with E-state index in [0.29, 0.717) is 5.75 Å². The second-order valence-electron chi connectivity index (χ2n) is 6.25. The van der Waals surface area contributed by atoms with Crippen LogP contribution in [0, 0.1) is 0 Å². The van der Waals surface area contributed by atoms with Gasteiger partial charge >= 0.3 is 5.97 Å². The van der Waals surface area contributed by atoms with Crippen LogP contribution in [-0.4, -0.2) is 56.5 Å². The van der Waals surface area contributed by atoms with Crippen LogP contribution in [-0.2, 0) is 30.3 Å². The number of hydrogen-bond acceptors (Lipinski definition) is 7. The van der Waals surface area contributed by atoms with Gasteiger partial charge in [-0.2, -0.15) is 0 Å². The predicted molar refractivity (Wildman–Crippen MR) is 110 cm³/mol. The Kier molecular flexibility index (Phi) is 5.20. The number of rotatable bonds is 8. The van der Waals surface area contributed by atoms with Crippen LogP contribution < -0.4 is 4.74 Å². The van der Waals surface area contributed by atoms with Crippen molar-refractivity contribution in [1.82, 2.24) is 0 Å². The molecule has 0 aromatic heterocycles. The molecule has 1 fully saturated rings. The van der Waals surface area contributed by atoms with Crippen molar-refractivity contribution in [1.29, 1.82) is 0 Å². The normalized spacial score (nSPS) is 27.9. The fourth-order valence-corrected chi connectivity index (χ4v) is 2.78. The lowest BCUT2D eigenvalue weighted by Gasteiger charge is -2.38. The summed E-state index contributed by atoms with van der Waals surface area (Å²) >= 11 is 0. The van der Waals surface area contributed by atoms with E-state index in [1.54, 1.807) is 24.3 Å². The summed E-state index contributed by atoms with van der Waals surface area (Å²) in [4.78, 5) is 12.8. The second-order valence-corrected chi connectivity index (χ2v) is 6.25. The first-order valence-corrected chi connectivity index (χ1v) is 9.04. The van der Waals surface area contributed by atoms with Gasteiger partial charge in [0.1, 0.15) is 18.0 Å². The van der Waals surface area contributed by atoms with Gasteiger partial charge in [0, 0.05) is 13.2 Å². The van der Waals surface area contributed by atoms with Crippen LogP contribution in [0.25, 0.3) is 6.05 Å². The van der Waals surface area contributed by atoms with Gasteiger partial charge in [0.25, 0.3) is 0 Å². The first kappa shape index (κ1) is 14.3. The number of benzene rings is 2. The SMILES string of the molecule is [2H]/C(C(=O)O[C@@H]1CO[C@@H](OC)[C@H](O)[C@H]1OCc1ccc(OC)cc1)=C(/[2H])c1c([2H])c([2H])c([2H])c([2H])c1[2H]. The van der Waals surface area contributed by atoms with E-state index < -0.39 is 78.5 Å². The highest BCUT2D eigenvalue weighted by molar-refractivity contribution is 5.87. The maximum atomic E-state index is 12.8. The van der Waals surface area contributed by atoms with Crippen LogP contribution in [0.5, 0.6) is 5.75 Å². The molecular weight excluding hydrogens is 388 g/mol.